The maximum absolute atomic E-state index is 10.8. The van der Waals surface area contributed by atoms with Gasteiger partial charge in [0.25, 0.3) is 0 Å². The van der Waals surface area contributed by atoms with Gasteiger partial charge in [-0.1, -0.05) is 30.3 Å². The summed E-state index contributed by atoms with van der Waals surface area (Å²) in [6, 6.07) is 16.3. The molecule has 0 bridgehead atoms. The zero-order valence-electron chi connectivity index (χ0n) is 11.6. The van der Waals surface area contributed by atoms with E-state index in [2.05, 4.69) is 4.98 Å². The minimum absolute atomic E-state index is 0.110. The Balaban J connectivity index is 1.68. The third-order valence-corrected chi connectivity index (χ3v) is 3.05. The molecular formula is C17H13NO4. The second kappa shape index (κ2) is 6.13. The van der Waals surface area contributed by atoms with Crippen molar-refractivity contribution < 1.29 is 19.1 Å². The molecule has 0 radical (unpaired) electrons. The smallest absolute Gasteiger partial charge is 0.371 e. The van der Waals surface area contributed by atoms with E-state index < -0.39 is 5.97 Å². The molecule has 3 aromatic rings. The Morgan fingerprint density at radius 2 is 1.91 bits per heavy atom. The van der Waals surface area contributed by atoms with Gasteiger partial charge in [-0.25, -0.2) is 9.78 Å². The van der Waals surface area contributed by atoms with E-state index in [1.165, 1.54) is 6.07 Å². The highest BCUT2D eigenvalue weighted by atomic mass is 16.5. The lowest BCUT2D eigenvalue weighted by Crippen LogP contribution is -1.95. The third kappa shape index (κ3) is 3.15. The lowest BCUT2D eigenvalue weighted by molar-refractivity contribution is 0.0663. The largest absolute Gasteiger partial charge is 0.487 e. The lowest BCUT2D eigenvalue weighted by Gasteiger charge is -2.06. The highest BCUT2D eigenvalue weighted by Gasteiger charge is 2.11. The molecule has 0 aliphatic carbocycles. The molecule has 110 valence electrons. The standard InChI is InChI=1S/C17H13NO4/c19-17(20)16-9-8-15(22-16)14-7-6-13(10-18-14)21-11-12-4-2-1-3-5-12/h1-10H,11H2,(H,19,20). The molecular weight excluding hydrogens is 282 g/mol. The van der Waals surface area contributed by atoms with Crippen LogP contribution in [0.25, 0.3) is 11.5 Å². The van der Waals surface area contributed by atoms with Crippen LogP contribution in [0.5, 0.6) is 5.75 Å². The number of aromatic carboxylic acids is 1. The number of ether oxygens (including phenoxy) is 1. The summed E-state index contributed by atoms with van der Waals surface area (Å²) in [5.74, 6) is -0.167. The number of hydrogen-bond donors (Lipinski definition) is 1. The van der Waals surface area contributed by atoms with Crippen molar-refractivity contribution in [1.82, 2.24) is 4.98 Å². The van der Waals surface area contributed by atoms with Gasteiger partial charge in [0.2, 0.25) is 5.76 Å². The van der Waals surface area contributed by atoms with Crippen LogP contribution < -0.4 is 4.74 Å². The van der Waals surface area contributed by atoms with Crippen LogP contribution in [0.4, 0.5) is 0 Å². The van der Waals surface area contributed by atoms with Crippen LogP contribution >= 0.6 is 0 Å². The number of carboxylic acids is 1. The highest BCUT2D eigenvalue weighted by molar-refractivity contribution is 5.85. The number of rotatable bonds is 5. The average molecular weight is 295 g/mol. The summed E-state index contributed by atoms with van der Waals surface area (Å²) in [4.78, 5) is 15.0. The molecule has 0 unspecified atom stereocenters. The van der Waals surface area contributed by atoms with Crippen LogP contribution in [0, 0.1) is 0 Å². The SMILES string of the molecule is O=C(O)c1ccc(-c2ccc(OCc3ccccc3)cn2)o1. The molecule has 1 aromatic carbocycles. The summed E-state index contributed by atoms with van der Waals surface area (Å²) in [6.07, 6.45) is 1.58. The lowest BCUT2D eigenvalue weighted by atomic mass is 10.2. The van der Waals surface area contributed by atoms with Crippen molar-refractivity contribution in [3.8, 4) is 17.2 Å². The van der Waals surface area contributed by atoms with E-state index in [4.69, 9.17) is 14.3 Å². The number of carbonyl (C=O) groups is 1. The van der Waals surface area contributed by atoms with Gasteiger partial charge in [-0.05, 0) is 29.8 Å². The average Bonchev–Trinajstić information content (AvgIpc) is 3.05. The fourth-order valence-electron chi connectivity index (χ4n) is 1.94. The van der Waals surface area contributed by atoms with Gasteiger partial charge in [-0.3, -0.25) is 0 Å². The van der Waals surface area contributed by atoms with Crippen molar-refractivity contribution in [3.63, 3.8) is 0 Å². The van der Waals surface area contributed by atoms with Crippen molar-refractivity contribution in [1.29, 1.82) is 0 Å². The Kier molecular flexibility index (Phi) is 3.87. The van der Waals surface area contributed by atoms with Crippen LogP contribution in [0.15, 0.2) is 65.2 Å². The van der Waals surface area contributed by atoms with Crippen LogP contribution in [-0.2, 0) is 6.61 Å². The molecule has 22 heavy (non-hydrogen) atoms. The maximum Gasteiger partial charge on any atom is 0.371 e. The van der Waals surface area contributed by atoms with Gasteiger partial charge >= 0.3 is 5.97 Å². The second-order valence-corrected chi connectivity index (χ2v) is 4.62. The molecule has 2 aromatic heterocycles. The van der Waals surface area contributed by atoms with Crippen molar-refractivity contribution in [2.75, 3.05) is 0 Å². The van der Waals surface area contributed by atoms with Crippen LogP contribution in [0.1, 0.15) is 16.1 Å². The van der Waals surface area contributed by atoms with Crippen LogP contribution in [0.2, 0.25) is 0 Å². The number of benzene rings is 1. The summed E-state index contributed by atoms with van der Waals surface area (Å²) in [7, 11) is 0. The van der Waals surface area contributed by atoms with Gasteiger partial charge in [0.1, 0.15) is 18.1 Å². The number of furan rings is 1. The van der Waals surface area contributed by atoms with Crippen molar-refractivity contribution in [2.24, 2.45) is 0 Å². The molecule has 3 rings (SSSR count). The van der Waals surface area contributed by atoms with Crippen molar-refractivity contribution in [3.05, 3.63) is 72.1 Å². The van der Waals surface area contributed by atoms with Gasteiger partial charge in [0.15, 0.2) is 5.76 Å². The Morgan fingerprint density at radius 3 is 2.55 bits per heavy atom. The normalized spacial score (nSPS) is 10.4. The third-order valence-electron chi connectivity index (χ3n) is 3.05. The van der Waals surface area contributed by atoms with E-state index in [1.54, 1.807) is 24.4 Å². The fraction of sp³-hybridized carbons (Fsp3) is 0.0588. The summed E-state index contributed by atoms with van der Waals surface area (Å²) >= 11 is 0. The van der Waals surface area contributed by atoms with E-state index >= 15 is 0 Å². The molecule has 5 heteroatoms. The number of aromatic nitrogens is 1. The molecule has 0 amide bonds. The zero-order valence-corrected chi connectivity index (χ0v) is 11.6. The maximum atomic E-state index is 10.8. The first-order valence-corrected chi connectivity index (χ1v) is 6.68. The number of carboxylic acid groups (broad SMARTS) is 1. The monoisotopic (exact) mass is 295 g/mol. The molecule has 5 nitrogen and oxygen atoms in total. The zero-order chi connectivity index (χ0) is 15.4. The predicted octanol–water partition coefficient (Wildman–Crippen LogP) is 3.62. The van der Waals surface area contributed by atoms with Gasteiger partial charge < -0.3 is 14.3 Å². The van der Waals surface area contributed by atoms with Crippen molar-refractivity contribution >= 4 is 5.97 Å². The van der Waals surface area contributed by atoms with Gasteiger partial charge in [-0.2, -0.15) is 0 Å². The van der Waals surface area contributed by atoms with E-state index in [-0.39, 0.29) is 5.76 Å². The first-order chi connectivity index (χ1) is 10.7. The molecule has 0 saturated carbocycles. The van der Waals surface area contributed by atoms with E-state index in [0.717, 1.165) is 5.56 Å². The Morgan fingerprint density at radius 1 is 1.09 bits per heavy atom. The molecule has 2 heterocycles. The Hall–Kier alpha value is -3.08. The van der Waals surface area contributed by atoms with Crippen molar-refractivity contribution in [2.45, 2.75) is 6.61 Å². The summed E-state index contributed by atoms with van der Waals surface area (Å²) in [5, 5.41) is 8.83. The minimum Gasteiger partial charge on any atom is -0.487 e. The predicted molar refractivity (Wildman–Crippen MR) is 79.7 cm³/mol. The number of hydrogen-bond acceptors (Lipinski definition) is 4. The highest BCUT2D eigenvalue weighted by Crippen LogP contribution is 2.22. The van der Waals surface area contributed by atoms with E-state index in [9.17, 15) is 4.79 Å². The Bertz CT molecular complexity index is 763. The first kappa shape index (κ1) is 13.9. The molecule has 0 aliphatic rings. The minimum atomic E-state index is -1.10. The molecule has 0 atom stereocenters. The van der Waals surface area contributed by atoms with Gasteiger partial charge in [0.05, 0.1) is 6.20 Å². The van der Waals surface area contributed by atoms with E-state index in [1.807, 2.05) is 30.3 Å². The Labute approximate surface area is 126 Å². The quantitative estimate of drug-likeness (QED) is 0.778. The molecule has 1 N–H and O–H groups in total. The van der Waals surface area contributed by atoms with Crippen LogP contribution in [-0.4, -0.2) is 16.1 Å². The molecule has 0 fully saturated rings. The first-order valence-electron chi connectivity index (χ1n) is 6.68. The van der Waals surface area contributed by atoms with Gasteiger partial charge in [-0.15, -0.1) is 0 Å². The summed E-state index contributed by atoms with van der Waals surface area (Å²) < 4.78 is 10.8. The second-order valence-electron chi connectivity index (χ2n) is 4.62. The van der Waals surface area contributed by atoms with Gasteiger partial charge in [0, 0.05) is 0 Å². The van der Waals surface area contributed by atoms with E-state index in [0.29, 0.717) is 23.8 Å². The number of nitrogens with zero attached hydrogens (tertiary/aromatic N) is 1. The summed E-state index contributed by atoms with van der Waals surface area (Å²) in [5.41, 5.74) is 1.63. The topological polar surface area (TPSA) is 72.6 Å². The fourth-order valence-corrected chi connectivity index (χ4v) is 1.94. The molecule has 0 saturated heterocycles. The van der Waals surface area contributed by atoms with Crippen LogP contribution in [0.3, 0.4) is 0 Å². The number of pyridine rings is 1. The molecule has 0 spiro atoms. The summed E-state index contributed by atoms with van der Waals surface area (Å²) in [6.45, 7) is 0.464. The molecule has 0 aliphatic heterocycles.